The van der Waals surface area contributed by atoms with E-state index in [1.54, 1.807) is 6.07 Å². The third-order valence-electron chi connectivity index (χ3n) is 1.76. The minimum Gasteiger partial charge on any atom is -0.424 e. The number of halogens is 2. The predicted octanol–water partition coefficient (Wildman–Crippen LogP) is 2.75. The van der Waals surface area contributed by atoms with Crippen molar-refractivity contribution >= 4 is 21.7 Å². The zero-order valence-corrected chi connectivity index (χ0v) is 9.61. The van der Waals surface area contributed by atoms with Gasteiger partial charge in [-0.15, -0.1) is 0 Å². The first-order valence-corrected chi connectivity index (χ1v) is 5.16. The zero-order chi connectivity index (χ0) is 11.5. The monoisotopic (exact) mass is 283 g/mol. The summed E-state index contributed by atoms with van der Waals surface area (Å²) in [6.45, 7) is 0. The van der Waals surface area contributed by atoms with Crippen molar-refractivity contribution in [2.75, 3.05) is 5.73 Å². The van der Waals surface area contributed by atoms with Crippen LogP contribution in [0.4, 0.5) is 10.2 Å². The quantitative estimate of drug-likeness (QED) is 0.921. The van der Waals surface area contributed by atoms with Crippen LogP contribution in [0.25, 0.3) is 0 Å². The number of nitrogens with zero attached hydrogens (tertiary/aromatic N) is 2. The van der Waals surface area contributed by atoms with Gasteiger partial charge >= 0.3 is 6.01 Å². The van der Waals surface area contributed by atoms with Gasteiger partial charge in [0, 0.05) is 12.3 Å². The van der Waals surface area contributed by atoms with E-state index in [-0.39, 0.29) is 6.01 Å². The first-order chi connectivity index (χ1) is 7.65. The number of nitrogen functional groups attached to an aromatic ring is 1. The molecule has 0 spiro atoms. The van der Waals surface area contributed by atoms with E-state index in [4.69, 9.17) is 10.5 Å². The molecule has 2 rings (SSSR count). The highest BCUT2D eigenvalue weighted by Gasteiger charge is 2.04. The van der Waals surface area contributed by atoms with E-state index in [1.807, 2.05) is 0 Å². The molecular formula is C10H7BrFN3O. The molecule has 0 amide bonds. The Morgan fingerprint density at radius 2 is 2.12 bits per heavy atom. The Hall–Kier alpha value is -1.69. The third kappa shape index (κ3) is 2.46. The van der Waals surface area contributed by atoms with Gasteiger partial charge in [-0.3, -0.25) is 0 Å². The van der Waals surface area contributed by atoms with Gasteiger partial charge in [-0.05, 0) is 34.1 Å². The van der Waals surface area contributed by atoms with Crippen LogP contribution in [0.3, 0.4) is 0 Å². The van der Waals surface area contributed by atoms with Crippen LogP contribution in [0, 0.1) is 5.82 Å². The number of benzene rings is 1. The van der Waals surface area contributed by atoms with Gasteiger partial charge in [0.25, 0.3) is 0 Å². The molecule has 1 aromatic heterocycles. The molecule has 0 atom stereocenters. The molecule has 0 bridgehead atoms. The Kier molecular flexibility index (Phi) is 3.00. The van der Waals surface area contributed by atoms with Crippen LogP contribution in [0.1, 0.15) is 0 Å². The van der Waals surface area contributed by atoms with Gasteiger partial charge in [-0.1, -0.05) is 0 Å². The molecule has 0 aliphatic rings. The second-order valence-corrected chi connectivity index (χ2v) is 3.80. The van der Waals surface area contributed by atoms with Gasteiger partial charge in [0.1, 0.15) is 17.4 Å². The lowest BCUT2D eigenvalue weighted by atomic mass is 10.3. The summed E-state index contributed by atoms with van der Waals surface area (Å²) >= 11 is 3.04. The van der Waals surface area contributed by atoms with E-state index in [2.05, 4.69) is 25.9 Å². The van der Waals surface area contributed by atoms with Crippen LogP contribution in [0.15, 0.2) is 34.9 Å². The third-order valence-corrected chi connectivity index (χ3v) is 2.40. The van der Waals surface area contributed by atoms with Gasteiger partial charge in [-0.25, -0.2) is 9.37 Å². The number of aromatic nitrogens is 2. The van der Waals surface area contributed by atoms with Gasteiger partial charge in [0.05, 0.1) is 4.47 Å². The molecule has 2 N–H and O–H groups in total. The highest BCUT2D eigenvalue weighted by molar-refractivity contribution is 9.10. The number of rotatable bonds is 2. The average Bonchev–Trinajstić information content (AvgIpc) is 2.24. The molecular weight excluding hydrogens is 277 g/mol. The fourth-order valence-electron chi connectivity index (χ4n) is 1.05. The largest absolute Gasteiger partial charge is 0.424 e. The van der Waals surface area contributed by atoms with Crippen molar-refractivity contribution in [3.05, 3.63) is 40.8 Å². The summed E-state index contributed by atoms with van der Waals surface area (Å²) in [5.74, 6) is 0.190. The summed E-state index contributed by atoms with van der Waals surface area (Å²) in [4.78, 5) is 7.67. The molecule has 0 fully saturated rings. The maximum atomic E-state index is 13.2. The van der Waals surface area contributed by atoms with Crippen molar-refractivity contribution in [3.63, 3.8) is 0 Å². The minimum absolute atomic E-state index is 0.0849. The smallest absolute Gasteiger partial charge is 0.323 e. The second kappa shape index (κ2) is 4.44. The minimum atomic E-state index is -0.415. The van der Waals surface area contributed by atoms with E-state index in [0.717, 1.165) is 0 Å². The van der Waals surface area contributed by atoms with Gasteiger partial charge in [0.15, 0.2) is 0 Å². The molecule has 1 heterocycles. The van der Waals surface area contributed by atoms with Crippen LogP contribution < -0.4 is 10.5 Å². The molecule has 6 heteroatoms. The molecule has 4 nitrogen and oxygen atoms in total. The fourth-order valence-corrected chi connectivity index (χ4v) is 1.30. The molecule has 0 saturated carbocycles. The molecule has 0 unspecified atom stereocenters. The van der Waals surface area contributed by atoms with Crippen LogP contribution >= 0.6 is 15.9 Å². The van der Waals surface area contributed by atoms with Gasteiger partial charge in [-0.2, -0.15) is 4.98 Å². The normalized spacial score (nSPS) is 10.1. The summed E-state index contributed by atoms with van der Waals surface area (Å²) < 4.78 is 18.8. The summed E-state index contributed by atoms with van der Waals surface area (Å²) in [5.41, 5.74) is 5.45. The van der Waals surface area contributed by atoms with Crippen LogP contribution in [-0.4, -0.2) is 9.97 Å². The molecule has 0 aliphatic carbocycles. The topological polar surface area (TPSA) is 61.0 Å². The molecule has 1 aromatic carbocycles. The van der Waals surface area contributed by atoms with Crippen molar-refractivity contribution in [1.29, 1.82) is 0 Å². The van der Waals surface area contributed by atoms with Gasteiger partial charge < -0.3 is 10.5 Å². The Morgan fingerprint density at radius 1 is 1.31 bits per heavy atom. The Balaban J connectivity index is 2.24. The Labute approximate surface area is 99.4 Å². The van der Waals surface area contributed by atoms with Crippen molar-refractivity contribution in [3.8, 4) is 11.8 Å². The lowest BCUT2D eigenvalue weighted by Gasteiger charge is -2.04. The number of nitrogens with two attached hydrogens (primary N) is 1. The lowest BCUT2D eigenvalue weighted by Crippen LogP contribution is -1.95. The van der Waals surface area contributed by atoms with Crippen molar-refractivity contribution in [2.24, 2.45) is 0 Å². The average molecular weight is 284 g/mol. The molecule has 16 heavy (non-hydrogen) atoms. The lowest BCUT2D eigenvalue weighted by molar-refractivity contribution is 0.438. The SMILES string of the molecule is Nc1ccnc(Oc2ccc(Br)c(F)c2)n1. The van der Waals surface area contributed by atoms with Crippen molar-refractivity contribution in [1.82, 2.24) is 9.97 Å². The van der Waals surface area contributed by atoms with Crippen LogP contribution in [0.5, 0.6) is 11.8 Å². The summed E-state index contributed by atoms with van der Waals surface area (Å²) in [6, 6.07) is 5.99. The Bertz CT molecular complexity index is 521. The number of ether oxygens (including phenoxy) is 1. The maximum absolute atomic E-state index is 13.2. The predicted molar refractivity (Wildman–Crippen MR) is 60.6 cm³/mol. The first kappa shape index (κ1) is 10.8. The summed E-state index contributed by atoms with van der Waals surface area (Å²) in [7, 11) is 0. The molecule has 2 aromatic rings. The van der Waals surface area contributed by atoms with Crippen molar-refractivity contribution < 1.29 is 9.13 Å². The highest BCUT2D eigenvalue weighted by Crippen LogP contribution is 2.23. The fraction of sp³-hybridized carbons (Fsp3) is 0. The number of hydrogen-bond acceptors (Lipinski definition) is 4. The molecule has 0 radical (unpaired) electrons. The van der Waals surface area contributed by atoms with Crippen molar-refractivity contribution in [2.45, 2.75) is 0 Å². The van der Waals surface area contributed by atoms with E-state index in [1.165, 1.54) is 24.4 Å². The van der Waals surface area contributed by atoms with E-state index < -0.39 is 5.82 Å². The van der Waals surface area contributed by atoms with E-state index in [9.17, 15) is 4.39 Å². The van der Waals surface area contributed by atoms with E-state index in [0.29, 0.717) is 16.0 Å². The van der Waals surface area contributed by atoms with E-state index >= 15 is 0 Å². The first-order valence-electron chi connectivity index (χ1n) is 4.36. The molecule has 0 saturated heterocycles. The van der Waals surface area contributed by atoms with Gasteiger partial charge in [0.2, 0.25) is 0 Å². The summed E-state index contributed by atoms with van der Waals surface area (Å²) in [6.07, 6.45) is 1.47. The highest BCUT2D eigenvalue weighted by atomic mass is 79.9. The zero-order valence-electron chi connectivity index (χ0n) is 8.02. The maximum Gasteiger partial charge on any atom is 0.323 e. The standard InChI is InChI=1S/C10H7BrFN3O/c11-7-2-1-6(5-8(7)12)16-10-14-4-3-9(13)15-10/h1-5H,(H2,13,14,15). The number of anilines is 1. The Morgan fingerprint density at radius 3 is 2.81 bits per heavy atom. The van der Waals surface area contributed by atoms with Crippen LogP contribution in [0.2, 0.25) is 0 Å². The summed E-state index contributed by atoms with van der Waals surface area (Å²) in [5, 5.41) is 0. The number of hydrogen-bond donors (Lipinski definition) is 1. The molecule has 0 aliphatic heterocycles. The second-order valence-electron chi connectivity index (χ2n) is 2.94. The molecule has 82 valence electrons. The van der Waals surface area contributed by atoms with Crippen LogP contribution in [-0.2, 0) is 0 Å².